The lowest BCUT2D eigenvalue weighted by Crippen LogP contribution is -2.58. The molecule has 0 aromatic carbocycles. The molecule has 0 radical (unpaired) electrons. The van der Waals surface area contributed by atoms with Crippen LogP contribution in [0.2, 0.25) is 0 Å². The molecule has 6 atom stereocenters. The molecule has 0 aromatic rings. The Hall–Kier alpha value is -1.13. The number of aliphatic hydroxyl groups is 2. The van der Waals surface area contributed by atoms with Crippen LogP contribution < -0.4 is 0 Å². The topological polar surface area (TPSA) is 66.8 Å². The van der Waals surface area contributed by atoms with E-state index in [1.54, 1.807) is 6.92 Å². The van der Waals surface area contributed by atoms with Crippen molar-refractivity contribution < 1.29 is 19.7 Å². The Labute approximate surface area is 143 Å². The van der Waals surface area contributed by atoms with E-state index >= 15 is 0 Å². The molecule has 1 unspecified atom stereocenters. The summed E-state index contributed by atoms with van der Waals surface area (Å²) >= 11 is 0. The first-order valence-corrected chi connectivity index (χ1v) is 9.16. The Kier molecular flexibility index (Phi) is 3.37. The van der Waals surface area contributed by atoms with Crippen LogP contribution in [0.1, 0.15) is 53.4 Å². The zero-order chi connectivity index (χ0) is 17.4. The molecule has 4 heteroatoms. The quantitative estimate of drug-likeness (QED) is 0.529. The van der Waals surface area contributed by atoms with Crippen LogP contribution in [0.15, 0.2) is 22.8 Å². The van der Waals surface area contributed by atoms with Crippen LogP contribution in [0.3, 0.4) is 0 Å². The van der Waals surface area contributed by atoms with Gasteiger partial charge in [0, 0.05) is 17.1 Å². The van der Waals surface area contributed by atoms with Crippen molar-refractivity contribution in [2.75, 3.05) is 0 Å². The Morgan fingerprint density at radius 2 is 1.92 bits per heavy atom. The number of ether oxygens (including phenoxy) is 1. The predicted molar refractivity (Wildman–Crippen MR) is 90.0 cm³/mol. The Bertz CT molecular complexity index is 659. The van der Waals surface area contributed by atoms with Gasteiger partial charge in [-0.25, -0.2) is 4.79 Å². The van der Waals surface area contributed by atoms with Crippen molar-refractivity contribution in [1.29, 1.82) is 0 Å². The van der Waals surface area contributed by atoms with E-state index < -0.39 is 24.3 Å². The Balaban J connectivity index is 1.83. The van der Waals surface area contributed by atoms with Gasteiger partial charge in [-0.05, 0) is 48.5 Å². The minimum Gasteiger partial charge on any atom is -0.452 e. The SMILES string of the molecule is CC1=C2C(OC1=O)[C@H](O)[C@@H]1C(=CC[C@@H]3C(C)(C)CCC[C@]31C)[C@@H]2O. The van der Waals surface area contributed by atoms with Crippen molar-refractivity contribution in [2.45, 2.75) is 71.7 Å². The number of esters is 1. The summed E-state index contributed by atoms with van der Waals surface area (Å²) in [5.41, 5.74) is 2.09. The summed E-state index contributed by atoms with van der Waals surface area (Å²) < 4.78 is 5.44. The highest BCUT2D eigenvalue weighted by atomic mass is 16.6. The lowest BCUT2D eigenvalue weighted by atomic mass is 9.46. The number of hydrogen-bond acceptors (Lipinski definition) is 4. The zero-order valence-electron chi connectivity index (χ0n) is 15.0. The molecule has 0 saturated heterocycles. The van der Waals surface area contributed by atoms with Crippen LogP contribution in [0.25, 0.3) is 0 Å². The number of hydrogen-bond donors (Lipinski definition) is 2. The normalized spacial score (nSPS) is 46.7. The van der Waals surface area contributed by atoms with Crippen molar-refractivity contribution in [2.24, 2.45) is 22.7 Å². The van der Waals surface area contributed by atoms with Gasteiger partial charge in [-0.2, -0.15) is 0 Å². The molecule has 3 aliphatic carbocycles. The van der Waals surface area contributed by atoms with Gasteiger partial charge in [-0.1, -0.05) is 33.3 Å². The van der Waals surface area contributed by atoms with Crippen molar-refractivity contribution in [3.8, 4) is 0 Å². The van der Waals surface area contributed by atoms with Crippen LogP contribution in [0, 0.1) is 22.7 Å². The number of rotatable bonds is 0. The summed E-state index contributed by atoms with van der Waals surface area (Å²) in [4.78, 5) is 12.0. The van der Waals surface area contributed by atoms with E-state index in [-0.39, 0.29) is 16.7 Å². The molecule has 0 aromatic heterocycles. The van der Waals surface area contributed by atoms with Gasteiger partial charge in [-0.15, -0.1) is 0 Å². The first-order chi connectivity index (χ1) is 11.2. The molecule has 2 fully saturated rings. The number of carbonyl (C=O) groups is 1. The van der Waals surface area contributed by atoms with Gasteiger partial charge in [0.2, 0.25) is 0 Å². The second-order valence-electron chi connectivity index (χ2n) is 9.12. The molecule has 24 heavy (non-hydrogen) atoms. The van der Waals surface area contributed by atoms with Gasteiger partial charge in [0.05, 0.1) is 0 Å². The first kappa shape index (κ1) is 16.3. The van der Waals surface area contributed by atoms with E-state index in [0.29, 0.717) is 17.1 Å². The van der Waals surface area contributed by atoms with Crippen molar-refractivity contribution in [1.82, 2.24) is 0 Å². The van der Waals surface area contributed by atoms with Crippen LogP contribution in [0.5, 0.6) is 0 Å². The maximum atomic E-state index is 12.0. The van der Waals surface area contributed by atoms with Crippen LogP contribution in [-0.2, 0) is 9.53 Å². The standard InChI is InChI=1S/C20H28O4/c1-10-13-15(21)11-6-7-12-19(2,3)8-5-9-20(12,4)14(11)16(22)17(13)24-18(10)23/h6,12,14-17,21-22H,5,7-9H2,1-4H3/t12-,14+,15+,16-,17?,20-/m1/s1. The maximum Gasteiger partial charge on any atom is 0.334 e. The highest BCUT2D eigenvalue weighted by Gasteiger charge is 2.60. The average molecular weight is 332 g/mol. The molecule has 0 spiro atoms. The van der Waals surface area contributed by atoms with Gasteiger partial charge < -0.3 is 14.9 Å². The summed E-state index contributed by atoms with van der Waals surface area (Å²) in [6, 6.07) is 0. The summed E-state index contributed by atoms with van der Waals surface area (Å²) in [5, 5.41) is 22.1. The summed E-state index contributed by atoms with van der Waals surface area (Å²) in [6.07, 6.45) is 4.21. The van der Waals surface area contributed by atoms with E-state index in [1.165, 1.54) is 6.42 Å². The highest BCUT2D eigenvalue weighted by molar-refractivity contribution is 5.92. The molecule has 4 aliphatic rings. The number of aliphatic hydroxyl groups excluding tert-OH is 2. The van der Waals surface area contributed by atoms with Gasteiger partial charge >= 0.3 is 5.97 Å². The second kappa shape index (κ2) is 4.95. The maximum absolute atomic E-state index is 12.0. The number of carbonyl (C=O) groups excluding carboxylic acids is 1. The fourth-order valence-electron chi connectivity index (χ4n) is 6.32. The van der Waals surface area contributed by atoms with E-state index in [1.807, 2.05) is 0 Å². The third-order valence-corrected chi connectivity index (χ3v) is 7.48. The lowest BCUT2D eigenvalue weighted by molar-refractivity contribution is -0.154. The van der Waals surface area contributed by atoms with Crippen LogP contribution in [0.4, 0.5) is 0 Å². The molecule has 4 rings (SSSR count). The third kappa shape index (κ3) is 1.90. The summed E-state index contributed by atoms with van der Waals surface area (Å²) in [6.45, 7) is 8.60. The minimum atomic E-state index is -0.794. The van der Waals surface area contributed by atoms with E-state index in [4.69, 9.17) is 4.74 Å². The van der Waals surface area contributed by atoms with Crippen LogP contribution in [-0.4, -0.2) is 34.5 Å². The molecule has 0 bridgehead atoms. The fraction of sp³-hybridized carbons (Fsp3) is 0.750. The monoisotopic (exact) mass is 332 g/mol. The Morgan fingerprint density at radius 3 is 2.62 bits per heavy atom. The molecule has 2 saturated carbocycles. The molecule has 132 valence electrons. The molecule has 2 N–H and O–H groups in total. The van der Waals surface area contributed by atoms with Crippen molar-refractivity contribution in [3.05, 3.63) is 22.8 Å². The van der Waals surface area contributed by atoms with Crippen molar-refractivity contribution in [3.63, 3.8) is 0 Å². The first-order valence-electron chi connectivity index (χ1n) is 9.16. The molecule has 0 amide bonds. The second-order valence-corrected chi connectivity index (χ2v) is 9.12. The number of allylic oxidation sites excluding steroid dienone is 1. The van der Waals surface area contributed by atoms with Gasteiger partial charge in [0.1, 0.15) is 12.2 Å². The molecular weight excluding hydrogens is 304 g/mol. The number of fused-ring (bicyclic) bond motifs is 4. The van der Waals surface area contributed by atoms with Gasteiger partial charge in [-0.3, -0.25) is 0 Å². The smallest absolute Gasteiger partial charge is 0.334 e. The van der Waals surface area contributed by atoms with Gasteiger partial charge in [0.15, 0.2) is 6.10 Å². The van der Waals surface area contributed by atoms with Crippen LogP contribution >= 0.6 is 0 Å². The molecular formula is C20H28O4. The average Bonchev–Trinajstić information content (AvgIpc) is 2.79. The molecule has 1 aliphatic heterocycles. The minimum absolute atomic E-state index is 0.0688. The third-order valence-electron chi connectivity index (χ3n) is 7.48. The molecule has 1 heterocycles. The van der Waals surface area contributed by atoms with E-state index in [9.17, 15) is 15.0 Å². The fourth-order valence-corrected chi connectivity index (χ4v) is 6.32. The summed E-state index contributed by atoms with van der Waals surface area (Å²) in [7, 11) is 0. The zero-order valence-corrected chi connectivity index (χ0v) is 15.0. The van der Waals surface area contributed by atoms with Gasteiger partial charge in [0.25, 0.3) is 0 Å². The highest BCUT2D eigenvalue weighted by Crippen LogP contribution is 2.63. The van der Waals surface area contributed by atoms with Crippen molar-refractivity contribution >= 4 is 5.97 Å². The summed E-state index contributed by atoms with van der Waals surface area (Å²) in [5.74, 6) is -0.0746. The lowest BCUT2D eigenvalue weighted by Gasteiger charge is -2.60. The Morgan fingerprint density at radius 1 is 1.21 bits per heavy atom. The molecule has 4 nitrogen and oxygen atoms in total. The predicted octanol–water partition coefficient (Wildman–Crippen LogP) is 2.74. The van der Waals surface area contributed by atoms with E-state index in [2.05, 4.69) is 26.8 Å². The largest absolute Gasteiger partial charge is 0.452 e. The van der Waals surface area contributed by atoms with E-state index in [0.717, 1.165) is 24.8 Å².